The highest BCUT2D eigenvalue weighted by Gasteiger charge is 1.83. The monoisotopic (exact) mass is 270 g/mol. The fourth-order valence-corrected chi connectivity index (χ4v) is 0.429. The fourth-order valence-electron chi connectivity index (χ4n) is 0.0323. The Morgan fingerprint density at radius 2 is 1.43 bits per heavy atom. The first kappa shape index (κ1) is 8.54. The Morgan fingerprint density at radius 1 is 1.00 bits per heavy atom. The second-order valence-corrected chi connectivity index (χ2v) is 2.44. The molecule has 0 spiro atoms. The van der Waals surface area contributed by atoms with Gasteiger partial charge in [-0.15, -0.1) is 8.67 Å². The van der Waals surface area contributed by atoms with Crippen LogP contribution in [0.3, 0.4) is 0 Å². The van der Waals surface area contributed by atoms with Crippen LogP contribution < -0.4 is 0 Å². The lowest BCUT2D eigenvalue weighted by atomic mass is 14.6. The second kappa shape index (κ2) is 7.54. The minimum Gasteiger partial charge on any atom is -0.119 e. The summed E-state index contributed by atoms with van der Waals surface area (Å²) in [6.07, 6.45) is 0. The molecule has 7 heavy (non-hydrogen) atoms. The maximum Gasteiger partial charge on any atom is 0.115 e. The molecular formula is Br2O3S2. The summed E-state index contributed by atoms with van der Waals surface area (Å²) in [5.74, 6) is 0. The topological polar surface area (TPSA) is 27.7 Å². The molecule has 0 radical (unpaired) electrons. The van der Waals surface area contributed by atoms with E-state index in [1.807, 2.05) is 0 Å². The zero-order valence-corrected chi connectivity index (χ0v) is 7.60. The summed E-state index contributed by atoms with van der Waals surface area (Å²) in [5.41, 5.74) is 0. The van der Waals surface area contributed by atoms with Gasteiger partial charge in [-0.25, -0.2) is 0 Å². The van der Waals surface area contributed by atoms with Gasteiger partial charge in [-0.05, 0) is 5.04 Å². The van der Waals surface area contributed by atoms with Crippen molar-refractivity contribution in [3.63, 3.8) is 0 Å². The normalized spacial score (nSPS) is 9.43. The van der Waals surface area contributed by atoms with Gasteiger partial charge in [-0.3, -0.25) is 0 Å². The van der Waals surface area contributed by atoms with Gasteiger partial charge < -0.3 is 0 Å². The third kappa shape index (κ3) is 7.54. The smallest absolute Gasteiger partial charge is 0.115 e. The first-order valence-electron chi connectivity index (χ1n) is 0.975. The average molecular weight is 272 g/mol. The Morgan fingerprint density at radius 3 is 1.71 bits per heavy atom. The van der Waals surface area contributed by atoms with E-state index in [1.54, 1.807) is 0 Å². The van der Waals surface area contributed by atoms with Crippen molar-refractivity contribution < 1.29 is 13.7 Å². The molecule has 7 heteroatoms. The molecule has 0 aliphatic heterocycles. The lowest BCUT2D eigenvalue weighted by molar-refractivity contribution is -0.394. The maximum atomic E-state index is 4.13. The summed E-state index contributed by atoms with van der Waals surface area (Å²) in [6.45, 7) is 0. The minimum atomic E-state index is 0.873. The van der Waals surface area contributed by atoms with Gasteiger partial charge in [0.05, 0.1) is 0 Å². The highest BCUT2D eigenvalue weighted by Crippen LogP contribution is 2.16. The van der Waals surface area contributed by atoms with Crippen LogP contribution in [0.4, 0.5) is 0 Å². The van der Waals surface area contributed by atoms with E-state index in [4.69, 9.17) is 0 Å². The molecule has 0 rings (SSSR count). The van der Waals surface area contributed by atoms with Crippen LogP contribution in [0.25, 0.3) is 0 Å². The molecule has 0 unspecified atom stereocenters. The van der Waals surface area contributed by atoms with Gasteiger partial charge in [0, 0.05) is 29.6 Å². The van der Waals surface area contributed by atoms with Crippen molar-refractivity contribution in [3.05, 3.63) is 0 Å². The van der Waals surface area contributed by atoms with Gasteiger partial charge in [-0.1, -0.05) is 0 Å². The molecule has 0 aromatic carbocycles. The lowest BCUT2D eigenvalue weighted by Gasteiger charge is -1.88. The molecule has 0 amide bonds. The first-order chi connectivity index (χ1) is 3.41. The van der Waals surface area contributed by atoms with Crippen molar-refractivity contribution in [2.75, 3.05) is 0 Å². The third-order valence-electron chi connectivity index (χ3n) is 0.107. The van der Waals surface area contributed by atoms with Crippen LogP contribution in [0.2, 0.25) is 0 Å². The van der Waals surface area contributed by atoms with E-state index in [-0.39, 0.29) is 0 Å². The second-order valence-electron chi connectivity index (χ2n) is 0.330. The van der Waals surface area contributed by atoms with Crippen LogP contribution in [-0.4, -0.2) is 0 Å². The average Bonchev–Trinajstić information content (AvgIpc) is 1.69. The first-order valence-corrected chi connectivity index (χ1v) is 6.14. The van der Waals surface area contributed by atoms with Gasteiger partial charge in [0.1, 0.15) is 21.0 Å². The van der Waals surface area contributed by atoms with Crippen LogP contribution in [0.1, 0.15) is 0 Å². The predicted molar refractivity (Wildman–Crippen MR) is 36.3 cm³/mol. The number of rotatable bonds is 4. The molecule has 0 saturated carbocycles. The Balaban J connectivity index is 2.45. The fraction of sp³-hybridized carbons (Fsp3) is 0. The van der Waals surface area contributed by atoms with E-state index in [1.165, 1.54) is 0 Å². The van der Waals surface area contributed by atoms with Crippen LogP contribution in [-0.2, 0) is 13.7 Å². The summed E-state index contributed by atoms with van der Waals surface area (Å²) in [4.78, 5) is 0. The summed E-state index contributed by atoms with van der Waals surface area (Å²) >= 11 is 5.69. The van der Waals surface area contributed by atoms with Crippen LogP contribution in [0.15, 0.2) is 0 Å². The van der Waals surface area contributed by atoms with Gasteiger partial charge >= 0.3 is 0 Å². The van der Waals surface area contributed by atoms with Gasteiger partial charge in [0.25, 0.3) is 0 Å². The molecule has 0 aliphatic carbocycles. The summed E-state index contributed by atoms with van der Waals surface area (Å²) in [7, 11) is 1.75. The highest BCUT2D eigenvalue weighted by atomic mass is 79.9. The minimum absolute atomic E-state index is 0.873. The zero-order chi connectivity index (χ0) is 5.54. The van der Waals surface area contributed by atoms with E-state index < -0.39 is 0 Å². The van der Waals surface area contributed by atoms with Crippen LogP contribution in [0, 0.1) is 0 Å². The SMILES string of the molecule is BrSOOOSBr. The molecule has 0 aliphatic rings. The Kier molecular flexibility index (Phi) is 9.20. The van der Waals surface area contributed by atoms with Crippen molar-refractivity contribution in [2.24, 2.45) is 0 Å². The third-order valence-corrected chi connectivity index (χ3v) is 0.968. The summed E-state index contributed by atoms with van der Waals surface area (Å²) in [6, 6.07) is 0. The maximum absolute atomic E-state index is 4.13. The van der Waals surface area contributed by atoms with Crippen molar-refractivity contribution >= 4 is 50.6 Å². The van der Waals surface area contributed by atoms with Crippen molar-refractivity contribution in [2.45, 2.75) is 0 Å². The molecule has 0 saturated heterocycles. The molecule has 3 nitrogen and oxygen atoms in total. The molecule has 0 N–H and O–H groups in total. The van der Waals surface area contributed by atoms with Crippen molar-refractivity contribution in [3.8, 4) is 0 Å². The zero-order valence-electron chi connectivity index (χ0n) is 2.80. The predicted octanol–water partition coefficient (Wildman–Crippen LogP) is 2.78. The number of halogens is 2. The molecule has 0 heterocycles. The summed E-state index contributed by atoms with van der Waals surface area (Å²) < 4.78 is 8.27. The molecule has 0 aromatic rings. The molecular weight excluding hydrogens is 272 g/mol. The largest absolute Gasteiger partial charge is 0.119 e. The van der Waals surface area contributed by atoms with E-state index in [0.717, 1.165) is 21.0 Å². The van der Waals surface area contributed by atoms with Gasteiger partial charge in [0.2, 0.25) is 0 Å². The Hall–Kier alpha value is 1.54. The Labute approximate surface area is 64.1 Å². The molecule has 0 aromatic heterocycles. The molecule has 0 fully saturated rings. The van der Waals surface area contributed by atoms with Crippen LogP contribution in [0.5, 0.6) is 0 Å². The number of hydrogen-bond donors (Lipinski definition) is 0. The molecule has 44 valence electrons. The Bertz CT molecular complexity index is 30.1. The van der Waals surface area contributed by atoms with E-state index in [0.29, 0.717) is 0 Å². The van der Waals surface area contributed by atoms with E-state index in [9.17, 15) is 0 Å². The standard InChI is InChI=1S/Br2O3S2/c1-6-4-3-5-7-2. The van der Waals surface area contributed by atoms with Gasteiger partial charge in [0.15, 0.2) is 0 Å². The van der Waals surface area contributed by atoms with Crippen LogP contribution >= 0.6 is 50.6 Å². The van der Waals surface area contributed by atoms with Crippen molar-refractivity contribution in [1.29, 1.82) is 0 Å². The quantitative estimate of drug-likeness (QED) is 0.339. The van der Waals surface area contributed by atoms with Crippen molar-refractivity contribution in [1.82, 2.24) is 0 Å². The molecule has 0 atom stereocenters. The lowest BCUT2D eigenvalue weighted by Crippen LogP contribution is -1.75. The highest BCUT2D eigenvalue weighted by molar-refractivity contribution is 9.49. The molecule has 0 bridgehead atoms. The number of hydrogen-bond acceptors (Lipinski definition) is 5. The summed E-state index contributed by atoms with van der Waals surface area (Å²) in [5, 5.41) is 3.96. The van der Waals surface area contributed by atoms with Gasteiger partial charge in [-0.2, -0.15) is 0 Å². The van der Waals surface area contributed by atoms with E-state index in [2.05, 4.69) is 43.3 Å². The van der Waals surface area contributed by atoms with E-state index >= 15 is 0 Å².